The molecule has 0 saturated heterocycles. The molecule has 0 amide bonds. The molecule has 3 aromatic carbocycles. The van der Waals surface area contributed by atoms with Gasteiger partial charge in [-0.2, -0.15) is 0 Å². The minimum atomic E-state index is -0.0732. The third kappa shape index (κ3) is 5.53. The molecule has 50 heavy (non-hydrogen) atoms. The van der Waals surface area contributed by atoms with Crippen LogP contribution in [0, 0.1) is 6.92 Å². The molecule has 250 valence electrons. The number of aromatic nitrogens is 4. The van der Waals surface area contributed by atoms with E-state index in [1.165, 1.54) is 16.5 Å². The Hall–Kier alpha value is -5.69. The molecule has 0 unspecified atom stereocenters. The van der Waals surface area contributed by atoms with Crippen molar-refractivity contribution in [3.63, 3.8) is 0 Å². The number of benzene rings is 3. The van der Waals surface area contributed by atoms with E-state index in [1.54, 1.807) is 0 Å². The van der Waals surface area contributed by atoms with Gasteiger partial charge < -0.3 is 14.5 Å². The van der Waals surface area contributed by atoms with E-state index in [-0.39, 0.29) is 10.8 Å². The molecule has 1 aliphatic rings. The molecule has 0 N–H and O–H groups in total. The molecule has 0 bridgehead atoms. The number of fused-ring (bicyclic) bond motifs is 4. The molecular weight excluding hydrogens is 617 g/mol. The number of nitrogens with zero attached hydrogens (tertiary/aromatic N) is 6. The van der Waals surface area contributed by atoms with E-state index in [1.807, 2.05) is 36.8 Å². The number of aryl methyl sites for hydroxylation is 1. The van der Waals surface area contributed by atoms with E-state index in [0.717, 1.165) is 62.3 Å². The number of ether oxygens (including phenoxy) is 1. The summed E-state index contributed by atoms with van der Waals surface area (Å²) in [6.45, 7) is 16.1. The number of hydrogen-bond donors (Lipinski definition) is 0. The fourth-order valence-electron chi connectivity index (χ4n) is 6.92. The Morgan fingerprint density at radius 3 is 2.24 bits per heavy atom. The van der Waals surface area contributed by atoms with Crippen LogP contribution >= 0.6 is 0 Å². The minimum Gasteiger partial charge on any atom is -0.457 e. The molecule has 0 aliphatic carbocycles. The van der Waals surface area contributed by atoms with Crippen LogP contribution in [0.3, 0.4) is 0 Å². The van der Waals surface area contributed by atoms with Gasteiger partial charge >= 0.3 is 0 Å². The van der Waals surface area contributed by atoms with Crippen LogP contribution in [0.1, 0.15) is 58.2 Å². The first-order valence-corrected chi connectivity index (χ1v) is 17.2. The van der Waals surface area contributed by atoms with E-state index in [2.05, 4.69) is 142 Å². The highest BCUT2D eigenvalue weighted by atomic mass is 16.5. The lowest BCUT2D eigenvalue weighted by Crippen LogP contribution is -2.27. The lowest BCUT2D eigenvalue weighted by Gasteiger charge is -2.28. The first-order valence-electron chi connectivity index (χ1n) is 17.2. The van der Waals surface area contributed by atoms with Gasteiger partial charge in [-0.1, -0.05) is 71.9 Å². The Kier molecular flexibility index (Phi) is 7.40. The average Bonchev–Trinajstić information content (AvgIpc) is 3.64. The van der Waals surface area contributed by atoms with Crippen molar-refractivity contribution in [3.8, 4) is 17.3 Å². The van der Waals surface area contributed by atoms with Crippen molar-refractivity contribution in [2.75, 3.05) is 16.5 Å². The largest absolute Gasteiger partial charge is 0.457 e. The van der Waals surface area contributed by atoms with Crippen molar-refractivity contribution in [1.82, 2.24) is 19.5 Å². The maximum atomic E-state index is 6.62. The summed E-state index contributed by atoms with van der Waals surface area (Å²) in [4.78, 5) is 19.1. The van der Waals surface area contributed by atoms with E-state index in [0.29, 0.717) is 6.67 Å². The molecule has 7 nitrogen and oxygen atoms in total. The SMILES string of the molecule is Cc1cnc(N2CN(c3cccc(Oc4ccc5c6ccccc6n(-c6cc(C(C)(C)C)ccn6)c5c4)c3)c3ncccc32)c(C(C)(C)C)c1. The van der Waals surface area contributed by atoms with Gasteiger partial charge in [0.2, 0.25) is 0 Å². The van der Waals surface area contributed by atoms with Gasteiger partial charge in [0.05, 0.1) is 16.7 Å². The van der Waals surface area contributed by atoms with Crippen LogP contribution in [0.2, 0.25) is 0 Å². The first kappa shape index (κ1) is 31.6. The molecule has 0 spiro atoms. The summed E-state index contributed by atoms with van der Waals surface area (Å²) < 4.78 is 8.87. The molecule has 0 fully saturated rings. The predicted octanol–water partition coefficient (Wildman–Crippen LogP) is 10.9. The van der Waals surface area contributed by atoms with Gasteiger partial charge in [-0.3, -0.25) is 4.57 Å². The quantitative estimate of drug-likeness (QED) is 0.183. The molecule has 0 radical (unpaired) electrons. The van der Waals surface area contributed by atoms with Crippen LogP contribution in [0.5, 0.6) is 11.5 Å². The molecule has 0 atom stereocenters. The normalized spacial score (nSPS) is 13.3. The Morgan fingerprint density at radius 2 is 1.42 bits per heavy atom. The highest BCUT2D eigenvalue weighted by Gasteiger charge is 2.33. The smallest absolute Gasteiger partial charge is 0.158 e. The van der Waals surface area contributed by atoms with Crippen LogP contribution in [0.25, 0.3) is 27.6 Å². The average molecular weight is 659 g/mol. The van der Waals surface area contributed by atoms with Gasteiger partial charge in [0.1, 0.15) is 29.8 Å². The van der Waals surface area contributed by atoms with Gasteiger partial charge in [0.25, 0.3) is 0 Å². The van der Waals surface area contributed by atoms with Crippen molar-refractivity contribution in [2.24, 2.45) is 0 Å². The lowest BCUT2D eigenvalue weighted by atomic mass is 9.86. The Bertz CT molecular complexity index is 2400. The topological polar surface area (TPSA) is 59.3 Å². The van der Waals surface area contributed by atoms with Crippen LogP contribution in [0.15, 0.2) is 116 Å². The predicted molar refractivity (Wildman–Crippen MR) is 205 cm³/mol. The highest BCUT2D eigenvalue weighted by molar-refractivity contribution is 6.09. The standard InChI is InChI=1S/C43H42N6O/c1-28-22-35(43(5,6)7)40(46-26-28)48-27-47(41-37(48)16-11-20-45-41)30-12-10-13-31(24-30)50-32-17-18-34-33-14-8-9-15-36(33)49(38(34)25-32)39-23-29(19-21-44-39)42(2,3)4/h8-26H,27H2,1-7H3. The van der Waals surface area contributed by atoms with Crippen molar-refractivity contribution in [1.29, 1.82) is 0 Å². The molecule has 0 saturated carbocycles. The maximum absolute atomic E-state index is 6.62. The second-order valence-corrected chi connectivity index (χ2v) is 15.3. The second-order valence-electron chi connectivity index (χ2n) is 15.3. The monoisotopic (exact) mass is 658 g/mol. The van der Waals surface area contributed by atoms with Crippen LogP contribution in [-0.2, 0) is 10.8 Å². The fraction of sp³-hybridized carbons (Fsp3) is 0.233. The third-order valence-corrected chi connectivity index (χ3v) is 9.51. The van der Waals surface area contributed by atoms with Gasteiger partial charge in [0.15, 0.2) is 5.82 Å². The Balaban J connectivity index is 1.16. The molecule has 1 aliphatic heterocycles. The van der Waals surface area contributed by atoms with Gasteiger partial charge in [0, 0.05) is 52.7 Å². The number of pyridine rings is 3. The number of rotatable bonds is 5. The zero-order valence-electron chi connectivity index (χ0n) is 29.8. The summed E-state index contributed by atoms with van der Waals surface area (Å²) in [6.07, 6.45) is 5.71. The van der Waals surface area contributed by atoms with Crippen LogP contribution in [-0.4, -0.2) is 26.2 Å². The number of para-hydroxylation sites is 1. The van der Waals surface area contributed by atoms with E-state index in [9.17, 15) is 0 Å². The molecule has 7 aromatic rings. The highest BCUT2D eigenvalue weighted by Crippen LogP contribution is 2.45. The van der Waals surface area contributed by atoms with Gasteiger partial charge in [-0.15, -0.1) is 0 Å². The van der Waals surface area contributed by atoms with Crippen molar-refractivity contribution >= 4 is 44.8 Å². The maximum Gasteiger partial charge on any atom is 0.158 e. The number of hydrogen-bond acceptors (Lipinski definition) is 6. The Morgan fingerprint density at radius 1 is 0.620 bits per heavy atom. The lowest BCUT2D eigenvalue weighted by molar-refractivity contribution is 0.483. The fourth-order valence-corrected chi connectivity index (χ4v) is 6.92. The van der Waals surface area contributed by atoms with Crippen molar-refractivity contribution in [3.05, 3.63) is 132 Å². The molecular formula is C43H42N6O. The summed E-state index contributed by atoms with van der Waals surface area (Å²) in [5.74, 6) is 4.24. The molecule has 8 rings (SSSR count). The zero-order chi connectivity index (χ0) is 34.8. The van der Waals surface area contributed by atoms with Crippen molar-refractivity contribution in [2.45, 2.75) is 59.3 Å². The summed E-state index contributed by atoms with van der Waals surface area (Å²) >= 11 is 0. The Labute approximate surface area is 293 Å². The molecule has 7 heteroatoms. The van der Waals surface area contributed by atoms with Crippen LogP contribution in [0.4, 0.5) is 23.0 Å². The third-order valence-electron chi connectivity index (χ3n) is 9.51. The first-order chi connectivity index (χ1) is 24.0. The zero-order valence-corrected chi connectivity index (χ0v) is 29.8. The van der Waals surface area contributed by atoms with E-state index < -0.39 is 0 Å². The van der Waals surface area contributed by atoms with Crippen molar-refractivity contribution < 1.29 is 4.74 Å². The minimum absolute atomic E-state index is 0.00364. The van der Waals surface area contributed by atoms with Gasteiger partial charge in [-0.05, 0) is 83.5 Å². The molecule has 5 heterocycles. The van der Waals surface area contributed by atoms with E-state index >= 15 is 0 Å². The van der Waals surface area contributed by atoms with E-state index in [4.69, 9.17) is 19.7 Å². The van der Waals surface area contributed by atoms with Crippen LogP contribution < -0.4 is 14.5 Å². The summed E-state index contributed by atoms with van der Waals surface area (Å²) in [5, 5.41) is 2.34. The summed E-state index contributed by atoms with van der Waals surface area (Å²) in [5.41, 5.74) is 7.71. The van der Waals surface area contributed by atoms with Gasteiger partial charge in [-0.25, -0.2) is 15.0 Å². The second kappa shape index (κ2) is 11.7. The summed E-state index contributed by atoms with van der Waals surface area (Å²) in [7, 11) is 0. The number of anilines is 4. The summed E-state index contributed by atoms with van der Waals surface area (Å²) in [6, 6.07) is 33.7. The molecule has 4 aromatic heterocycles.